The van der Waals surface area contributed by atoms with Crippen molar-refractivity contribution < 1.29 is 19.4 Å². The Balaban J connectivity index is 5.40. The molecule has 0 fully saturated rings. The Morgan fingerprint density at radius 3 is 2.05 bits per heavy atom. The van der Waals surface area contributed by atoms with Gasteiger partial charge in [0.15, 0.2) is 8.32 Å². The van der Waals surface area contributed by atoms with Crippen molar-refractivity contribution >= 4 is 14.3 Å². The molecule has 4 nitrogen and oxygen atoms in total. The van der Waals surface area contributed by atoms with Gasteiger partial charge in [-0.05, 0) is 32.0 Å². The highest BCUT2D eigenvalue weighted by Crippen LogP contribution is 2.39. The van der Waals surface area contributed by atoms with Gasteiger partial charge in [-0.2, -0.15) is 0 Å². The van der Waals surface area contributed by atoms with E-state index in [-0.39, 0.29) is 11.0 Å². The molecule has 0 aliphatic heterocycles. The standard InChI is InChI=1S/C16H32O4Si/c1-9-10-13(17)11(2)14(12(3)15(18)19)20-21(7,8)16(4,5)6/h9-14,17H,1-8H3,(H,18,19)/t11-,12+,13+,14+/m0/s1. The molecule has 0 saturated heterocycles. The molecule has 0 radical (unpaired) electrons. The van der Waals surface area contributed by atoms with Gasteiger partial charge in [-0.1, -0.05) is 39.8 Å². The molecule has 4 atom stereocenters. The van der Waals surface area contributed by atoms with Crippen LogP contribution in [0.3, 0.4) is 0 Å². The molecule has 2 N–H and O–H groups in total. The van der Waals surface area contributed by atoms with Gasteiger partial charge in [0.25, 0.3) is 0 Å². The minimum absolute atomic E-state index is 0.00522. The molecular formula is C16H32O4Si. The molecule has 0 aliphatic carbocycles. The van der Waals surface area contributed by atoms with Crippen LogP contribution in [0.5, 0.6) is 0 Å². The number of carboxylic acid groups (broad SMARTS) is 1. The van der Waals surface area contributed by atoms with Crippen molar-refractivity contribution in [1.82, 2.24) is 0 Å². The number of aliphatic carboxylic acids is 1. The van der Waals surface area contributed by atoms with E-state index < -0.39 is 32.4 Å². The predicted octanol–water partition coefficient (Wildman–Crippen LogP) is 3.67. The first-order valence-corrected chi connectivity index (χ1v) is 10.5. The largest absolute Gasteiger partial charge is 0.481 e. The Labute approximate surface area is 130 Å². The van der Waals surface area contributed by atoms with Gasteiger partial charge in [0.1, 0.15) is 0 Å². The summed E-state index contributed by atoms with van der Waals surface area (Å²) in [6, 6.07) is 0. The molecule has 0 aromatic rings. The van der Waals surface area contributed by atoms with E-state index in [0.29, 0.717) is 0 Å². The summed E-state index contributed by atoms with van der Waals surface area (Å²) in [7, 11) is -2.11. The second-order valence-electron chi connectivity index (χ2n) is 7.35. The van der Waals surface area contributed by atoms with E-state index in [1.165, 1.54) is 0 Å². The van der Waals surface area contributed by atoms with E-state index in [0.717, 1.165) is 0 Å². The maximum Gasteiger partial charge on any atom is 0.308 e. The van der Waals surface area contributed by atoms with Gasteiger partial charge in [-0.25, -0.2) is 0 Å². The molecule has 124 valence electrons. The minimum atomic E-state index is -2.11. The summed E-state index contributed by atoms with van der Waals surface area (Å²) in [6.45, 7) is 15.9. The SMILES string of the molecule is CC=C[C@@H](O)[C@H](C)[C@@H](O[Si](C)(C)C(C)(C)C)[C@@H](C)C(=O)O. The second-order valence-corrected chi connectivity index (χ2v) is 12.1. The van der Waals surface area contributed by atoms with Crippen LogP contribution in [0.1, 0.15) is 41.5 Å². The van der Waals surface area contributed by atoms with Crippen molar-refractivity contribution in [3.8, 4) is 0 Å². The van der Waals surface area contributed by atoms with E-state index in [2.05, 4.69) is 33.9 Å². The first kappa shape index (κ1) is 20.3. The number of aliphatic hydroxyl groups is 1. The van der Waals surface area contributed by atoms with Crippen molar-refractivity contribution in [2.45, 2.75) is 71.9 Å². The molecule has 0 aliphatic rings. The number of allylic oxidation sites excluding steroid dienone is 1. The highest BCUT2D eigenvalue weighted by Gasteiger charge is 2.43. The molecule has 0 bridgehead atoms. The van der Waals surface area contributed by atoms with Crippen LogP contribution in [-0.2, 0) is 9.22 Å². The van der Waals surface area contributed by atoms with E-state index in [9.17, 15) is 15.0 Å². The van der Waals surface area contributed by atoms with Gasteiger partial charge in [0, 0.05) is 5.92 Å². The summed E-state index contributed by atoms with van der Waals surface area (Å²) in [6.07, 6.45) is 2.25. The summed E-state index contributed by atoms with van der Waals surface area (Å²) in [5.41, 5.74) is 0. The summed E-state index contributed by atoms with van der Waals surface area (Å²) < 4.78 is 6.32. The monoisotopic (exact) mass is 316 g/mol. The maximum absolute atomic E-state index is 11.4. The van der Waals surface area contributed by atoms with E-state index in [1.807, 2.05) is 13.8 Å². The third kappa shape index (κ3) is 5.56. The predicted molar refractivity (Wildman–Crippen MR) is 88.9 cm³/mol. The summed E-state index contributed by atoms with van der Waals surface area (Å²) in [5.74, 6) is -1.83. The van der Waals surface area contributed by atoms with Gasteiger partial charge < -0.3 is 14.6 Å². The van der Waals surface area contributed by atoms with Gasteiger partial charge in [0.2, 0.25) is 0 Å². The van der Waals surface area contributed by atoms with Crippen LogP contribution in [0.2, 0.25) is 18.1 Å². The van der Waals surface area contributed by atoms with Gasteiger partial charge >= 0.3 is 5.97 Å². The van der Waals surface area contributed by atoms with Crippen molar-refractivity contribution in [2.75, 3.05) is 0 Å². The van der Waals surface area contributed by atoms with Crippen molar-refractivity contribution in [3.05, 3.63) is 12.2 Å². The number of hydrogen-bond acceptors (Lipinski definition) is 3. The topological polar surface area (TPSA) is 66.8 Å². The molecule has 5 heteroatoms. The highest BCUT2D eigenvalue weighted by atomic mass is 28.4. The van der Waals surface area contributed by atoms with Gasteiger partial charge in [-0.15, -0.1) is 0 Å². The molecule has 0 saturated carbocycles. The van der Waals surface area contributed by atoms with Crippen LogP contribution in [0.15, 0.2) is 12.2 Å². The Bertz CT molecular complexity index is 371. The average molecular weight is 317 g/mol. The molecule has 21 heavy (non-hydrogen) atoms. The summed E-state index contributed by atoms with van der Waals surface area (Å²) in [4.78, 5) is 11.4. The molecular weight excluding hydrogens is 284 g/mol. The lowest BCUT2D eigenvalue weighted by Crippen LogP contribution is -2.50. The number of aliphatic hydroxyl groups excluding tert-OH is 1. The van der Waals surface area contributed by atoms with Crippen molar-refractivity contribution in [2.24, 2.45) is 11.8 Å². The van der Waals surface area contributed by atoms with Crippen LogP contribution in [0.4, 0.5) is 0 Å². The molecule has 0 spiro atoms. The normalized spacial score (nSPS) is 19.3. The zero-order chi connectivity index (χ0) is 17.0. The second kappa shape index (κ2) is 7.56. The van der Waals surface area contributed by atoms with Gasteiger partial charge in [0.05, 0.1) is 18.1 Å². The van der Waals surface area contributed by atoms with Crippen LogP contribution >= 0.6 is 0 Å². The highest BCUT2D eigenvalue weighted by molar-refractivity contribution is 6.74. The number of hydrogen-bond donors (Lipinski definition) is 2. The zero-order valence-electron chi connectivity index (χ0n) is 14.7. The molecule has 0 rings (SSSR count). The lowest BCUT2D eigenvalue weighted by Gasteiger charge is -2.42. The quantitative estimate of drug-likeness (QED) is 0.555. The fourth-order valence-electron chi connectivity index (χ4n) is 1.89. The van der Waals surface area contributed by atoms with Crippen LogP contribution in [0.25, 0.3) is 0 Å². The fourth-order valence-corrected chi connectivity index (χ4v) is 3.34. The molecule has 0 aromatic heterocycles. The minimum Gasteiger partial charge on any atom is -0.481 e. The Morgan fingerprint density at radius 2 is 1.71 bits per heavy atom. The Morgan fingerprint density at radius 1 is 1.24 bits per heavy atom. The lowest BCUT2D eigenvalue weighted by molar-refractivity contribution is -0.146. The van der Waals surface area contributed by atoms with E-state index in [4.69, 9.17) is 4.43 Å². The molecule has 0 unspecified atom stereocenters. The fraction of sp³-hybridized carbons (Fsp3) is 0.812. The average Bonchev–Trinajstić information content (AvgIpc) is 2.33. The molecule has 0 heterocycles. The third-order valence-electron chi connectivity index (χ3n) is 4.57. The summed E-state index contributed by atoms with van der Waals surface area (Å²) >= 11 is 0. The Hall–Kier alpha value is -0.653. The lowest BCUT2D eigenvalue weighted by atomic mass is 9.89. The Kier molecular flexibility index (Phi) is 7.33. The van der Waals surface area contributed by atoms with E-state index >= 15 is 0 Å². The number of carbonyl (C=O) groups is 1. The van der Waals surface area contributed by atoms with E-state index in [1.54, 1.807) is 19.1 Å². The summed E-state index contributed by atoms with van der Waals surface area (Å²) in [5, 5.41) is 19.5. The first-order valence-electron chi connectivity index (χ1n) is 7.56. The first-order chi connectivity index (χ1) is 9.35. The van der Waals surface area contributed by atoms with Gasteiger partial charge in [-0.3, -0.25) is 4.79 Å². The molecule has 0 amide bonds. The van der Waals surface area contributed by atoms with Crippen molar-refractivity contribution in [1.29, 1.82) is 0 Å². The zero-order valence-corrected chi connectivity index (χ0v) is 15.7. The maximum atomic E-state index is 11.4. The smallest absolute Gasteiger partial charge is 0.308 e. The van der Waals surface area contributed by atoms with Crippen molar-refractivity contribution in [3.63, 3.8) is 0 Å². The van der Waals surface area contributed by atoms with Crippen LogP contribution < -0.4 is 0 Å². The van der Waals surface area contributed by atoms with Crippen LogP contribution in [0, 0.1) is 11.8 Å². The number of rotatable bonds is 7. The number of carboxylic acids is 1. The van der Waals surface area contributed by atoms with Crippen LogP contribution in [-0.4, -0.2) is 36.7 Å². The molecule has 0 aromatic carbocycles. The third-order valence-corrected chi connectivity index (χ3v) is 9.04.